The van der Waals surface area contributed by atoms with E-state index in [1.54, 1.807) is 4.90 Å². The van der Waals surface area contributed by atoms with E-state index in [1.165, 1.54) is 11.8 Å². The molecule has 172 valence electrons. The van der Waals surface area contributed by atoms with Crippen molar-refractivity contribution in [2.24, 2.45) is 0 Å². The predicted molar refractivity (Wildman–Crippen MR) is 122 cm³/mol. The van der Waals surface area contributed by atoms with Crippen molar-refractivity contribution >= 4 is 17.5 Å². The Bertz CT molecular complexity index is 775. The molecule has 1 aliphatic rings. The van der Waals surface area contributed by atoms with Gasteiger partial charge in [0.2, 0.25) is 0 Å². The number of aliphatic hydroxyl groups excluding tert-OH is 3. The van der Waals surface area contributed by atoms with E-state index in [0.29, 0.717) is 61.5 Å². The largest absolute Gasteiger partial charge is 0.490 e. The van der Waals surface area contributed by atoms with Crippen LogP contribution in [0.25, 0.3) is 5.70 Å². The summed E-state index contributed by atoms with van der Waals surface area (Å²) in [6.45, 7) is 6.60. The molecule has 0 aromatic heterocycles. The lowest BCUT2D eigenvalue weighted by Crippen LogP contribution is -2.37. The highest BCUT2D eigenvalue weighted by atomic mass is 32.2. The van der Waals surface area contributed by atoms with Crippen molar-refractivity contribution in [3.8, 4) is 17.6 Å². The molecule has 0 fully saturated rings. The van der Waals surface area contributed by atoms with Gasteiger partial charge in [-0.1, -0.05) is 0 Å². The van der Waals surface area contributed by atoms with Gasteiger partial charge in [0.05, 0.1) is 38.2 Å². The Morgan fingerprint density at radius 2 is 1.84 bits per heavy atom. The fourth-order valence-electron chi connectivity index (χ4n) is 3.47. The molecule has 2 rings (SSSR count). The van der Waals surface area contributed by atoms with Crippen molar-refractivity contribution in [3.63, 3.8) is 0 Å². The van der Waals surface area contributed by atoms with Crippen LogP contribution in [0.4, 0.5) is 0 Å². The molecule has 9 heteroatoms. The molecular weight excluding hydrogens is 418 g/mol. The van der Waals surface area contributed by atoms with Crippen molar-refractivity contribution < 1.29 is 24.8 Å². The van der Waals surface area contributed by atoms with Crippen LogP contribution in [0.1, 0.15) is 25.0 Å². The summed E-state index contributed by atoms with van der Waals surface area (Å²) < 4.78 is 11.5. The number of aliphatic hydroxyl groups is 3. The first-order valence-electron chi connectivity index (χ1n) is 10.6. The number of allylic oxidation sites excluding steroid dienone is 1. The number of hydrogen-bond acceptors (Lipinski definition) is 9. The van der Waals surface area contributed by atoms with Crippen LogP contribution < -0.4 is 14.8 Å². The first kappa shape index (κ1) is 25.3. The van der Waals surface area contributed by atoms with Crippen molar-refractivity contribution in [1.82, 2.24) is 10.2 Å². The van der Waals surface area contributed by atoms with E-state index in [2.05, 4.69) is 11.4 Å². The molecule has 0 saturated carbocycles. The summed E-state index contributed by atoms with van der Waals surface area (Å²) in [4.78, 5) is 2.30. The SMILES string of the molecule is CCOc1cc2c(cc1OCC)C(=C(C#N)SCC(O)CN(CCO)CCO)NCC2. The fraction of sp³-hybridized carbons (Fsp3) is 0.591. The highest BCUT2D eigenvalue weighted by Gasteiger charge is 2.22. The van der Waals surface area contributed by atoms with Crippen molar-refractivity contribution in [1.29, 1.82) is 5.26 Å². The zero-order chi connectivity index (χ0) is 22.6. The standard InChI is InChI=1S/C22H33N3O5S/c1-3-29-19-11-16-5-6-24-22(18(16)12-20(19)30-4-2)21(13-23)31-15-17(28)14-25(7-9-26)8-10-27/h11-12,17,24,26-28H,3-10,14-15H2,1-2H3. The van der Waals surface area contributed by atoms with Gasteiger partial charge in [-0.2, -0.15) is 5.26 Å². The topological polar surface area (TPSA) is 118 Å². The number of fused-ring (bicyclic) bond motifs is 1. The van der Waals surface area contributed by atoms with Gasteiger partial charge in [-0.3, -0.25) is 4.90 Å². The van der Waals surface area contributed by atoms with E-state index in [4.69, 9.17) is 19.7 Å². The Kier molecular flexibility index (Phi) is 11.0. The molecule has 1 atom stereocenters. The summed E-state index contributed by atoms with van der Waals surface area (Å²) in [7, 11) is 0. The molecule has 0 amide bonds. The minimum atomic E-state index is -0.700. The first-order valence-corrected chi connectivity index (χ1v) is 11.6. The third-order valence-corrected chi connectivity index (χ3v) is 5.92. The van der Waals surface area contributed by atoms with Gasteiger partial charge in [0.1, 0.15) is 11.0 Å². The van der Waals surface area contributed by atoms with Crippen molar-refractivity contribution in [2.75, 3.05) is 58.4 Å². The lowest BCUT2D eigenvalue weighted by Gasteiger charge is -2.25. The number of ether oxygens (including phenoxy) is 2. The molecule has 0 bridgehead atoms. The van der Waals surface area contributed by atoms with Crippen molar-refractivity contribution in [3.05, 3.63) is 28.2 Å². The average molecular weight is 452 g/mol. The molecular formula is C22H33N3O5S. The smallest absolute Gasteiger partial charge is 0.161 e. The lowest BCUT2D eigenvalue weighted by molar-refractivity contribution is 0.0995. The zero-order valence-electron chi connectivity index (χ0n) is 18.3. The van der Waals surface area contributed by atoms with Crippen LogP contribution in [0.15, 0.2) is 17.0 Å². The molecule has 0 radical (unpaired) electrons. The number of hydrogen-bond donors (Lipinski definition) is 4. The maximum Gasteiger partial charge on any atom is 0.161 e. The van der Waals surface area contributed by atoms with Crippen LogP contribution in [0.3, 0.4) is 0 Å². The number of nitrogens with zero attached hydrogens (tertiary/aromatic N) is 2. The monoisotopic (exact) mass is 451 g/mol. The predicted octanol–water partition coefficient (Wildman–Crippen LogP) is 1.20. The van der Waals surface area contributed by atoms with Gasteiger partial charge in [-0.25, -0.2) is 0 Å². The molecule has 1 aliphatic heterocycles. The van der Waals surface area contributed by atoms with Gasteiger partial charge in [0.25, 0.3) is 0 Å². The number of thioether (sulfide) groups is 1. The quantitative estimate of drug-likeness (QED) is 0.328. The molecule has 1 heterocycles. The van der Waals surface area contributed by atoms with Crippen LogP contribution in [0.2, 0.25) is 0 Å². The Balaban J connectivity index is 2.22. The van der Waals surface area contributed by atoms with E-state index in [-0.39, 0.29) is 13.2 Å². The van der Waals surface area contributed by atoms with Crippen LogP contribution >= 0.6 is 11.8 Å². The van der Waals surface area contributed by atoms with Crippen LogP contribution in [-0.4, -0.2) is 84.7 Å². The second-order valence-electron chi connectivity index (χ2n) is 7.03. The number of nitrogens with one attached hydrogen (secondary N) is 1. The van der Waals surface area contributed by atoms with E-state index in [1.807, 2.05) is 26.0 Å². The Morgan fingerprint density at radius 1 is 1.19 bits per heavy atom. The number of rotatable bonds is 13. The molecule has 1 aromatic rings. The first-order chi connectivity index (χ1) is 15.1. The lowest BCUT2D eigenvalue weighted by atomic mass is 9.97. The summed E-state index contributed by atoms with van der Waals surface area (Å²) in [6, 6.07) is 6.17. The van der Waals surface area contributed by atoms with Crippen LogP contribution in [-0.2, 0) is 6.42 Å². The summed E-state index contributed by atoms with van der Waals surface area (Å²) in [5.41, 5.74) is 2.75. The maximum absolute atomic E-state index is 10.4. The van der Waals surface area contributed by atoms with Gasteiger partial charge in [0, 0.05) is 37.5 Å². The van der Waals surface area contributed by atoms with Gasteiger partial charge in [-0.05, 0) is 38.0 Å². The van der Waals surface area contributed by atoms with Crippen molar-refractivity contribution in [2.45, 2.75) is 26.4 Å². The molecule has 1 aromatic carbocycles. The van der Waals surface area contributed by atoms with Crippen LogP contribution in [0.5, 0.6) is 11.5 Å². The van der Waals surface area contributed by atoms with Crippen LogP contribution in [0, 0.1) is 11.3 Å². The third-order valence-electron chi connectivity index (χ3n) is 4.78. The van der Waals surface area contributed by atoms with Gasteiger partial charge in [0.15, 0.2) is 11.5 Å². The van der Waals surface area contributed by atoms with Gasteiger partial charge in [-0.15, -0.1) is 11.8 Å². The second kappa shape index (κ2) is 13.5. The molecule has 0 spiro atoms. The minimum Gasteiger partial charge on any atom is -0.490 e. The number of benzene rings is 1. The Morgan fingerprint density at radius 3 is 2.42 bits per heavy atom. The molecule has 8 nitrogen and oxygen atoms in total. The van der Waals surface area contributed by atoms with E-state index >= 15 is 0 Å². The molecule has 1 unspecified atom stereocenters. The normalized spacial score (nSPS) is 15.6. The highest BCUT2D eigenvalue weighted by molar-refractivity contribution is 8.03. The fourth-order valence-corrected chi connectivity index (χ4v) is 4.32. The summed E-state index contributed by atoms with van der Waals surface area (Å²) in [6.07, 6.45) is 0.114. The number of nitriles is 1. The summed E-state index contributed by atoms with van der Waals surface area (Å²) >= 11 is 1.29. The molecule has 0 saturated heterocycles. The van der Waals surface area contributed by atoms with Gasteiger partial charge >= 0.3 is 0 Å². The van der Waals surface area contributed by atoms with Gasteiger partial charge < -0.3 is 30.1 Å². The minimum absolute atomic E-state index is 0.0417. The Labute approximate surface area is 188 Å². The molecule has 4 N–H and O–H groups in total. The van der Waals surface area contributed by atoms with E-state index in [9.17, 15) is 10.4 Å². The summed E-state index contributed by atoms with van der Waals surface area (Å²) in [5.74, 6) is 1.68. The molecule has 31 heavy (non-hydrogen) atoms. The van der Waals surface area contributed by atoms with E-state index in [0.717, 1.165) is 23.2 Å². The Hall–Kier alpha value is -1.96. The van der Waals surface area contributed by atoms with E-state index < -0.39 is 6.10 Å². The average Bonchev–Trinajstić information content (AvgIpc) is 2.75. The maximum atomic E-state index is 10.4. The molecule has 0 aliphatic carbocycles. The third kappa shape index (κ3) is 7.30. The summed E-state index contributed by atoms with van der Waals surface area (Å²) in [5, 5.41) is 41.8. The zero-order valence-corrected chi connectivity index (χ0v) is 19.1. The highest BCUT2D eigenvalue weighted by Crippen LogP contribution is 2.37. The second-order valence-corrected chi connectivity index (χ2v) is 8.06.